The van der Waals surface area contributed by atoms with Gasteiger partial charge in [0, 0.05) is 31.2 Å². The van der Waals surface area contributed by atoms with Crippen molar-refractivity contribution in [3.63, 3.8) is 0 Å². The molecular formula is C13H26N2. The summed E-state index contributed by atoms with van der Waals surface area (Å²) in [5.74, 6) is 0. The van der Waals surface area contributed by atoms with Crippen LogP contribution in [-0.2, 0) is 0 Å². The first kappa shape index (κ1) is 11.4. The SMILES string of the molecule is CCCC1CN(C2CC2(C)C)C(C)CN1. The average Bonchev–Trinajstić information content (AvgIpc) is 2.79. The Labute approximate surface area is 94.4 Å². The van der Waals surface area contributed by atoms with Gasteiger partial charge in [0.1, 0.15) is 0 Å². The topological polar surface area (TPSA) is 15.3 Å². The van der Waals surface area contributed by atoms with E-state index >= 15 is 0 Å². The van der Waals surface area contributed by atoms with E-state index in [1.165, 1.54) is 32.4 Å². The third-order valence-corrected chi connectivity index (χ3v) is 4.20. The number of piperazine rings is 1. The molecule has 0 spiro atoms. The van der Waals surface area contributed by atoms with Crippen LogP contribution in [0.1, 0.15) is 47.0 Å². The standard InChI is InChI=1S/C13H26N2/c1-5-6-11-9-15(10(2)8-14-11)12-7-13(12,3)4/h10-12,14H,5-9H2,1-4H3. The van der Waals surface area contributed by atoms with Gasteiger partial charge in [0.15, 0.2) is 0 Å². The van der Waals surface area contributed by atoms with Crippen molar-refractivity contribution in [3.8, 4) is 0 Å². The lowest BCUT2D eigenvalue weighted by Gasteiger charge is -2.40. The first-order chi connectivity index (χ1) is 7.04. The van der Waals surface area contributed by atoms with Crippen molar-refractivity contribution in [1.82, 2.24) is 10.2 Å². The lowest BCUT2D eigenvalue weighted by molar-refractivity contribution is 0.115. The fourth-order valence-corrected chi connectivity index (χ4v) is 2.94. The zero-order valence-electron chi connectivity index (χ0n) is 10.7. The van der Waals surface area contributed by atoms with Crippen molar-refractivity contribution in [2.45, 2.75) is 65.1 Å². The van der Waals surface area contributed by atoms with Gasteiger partial charge in [-0.3, -0.25) is 4.90 Å². The molecule has 0 bridgehead atoms. The Morgan fingerprint density at radius 3 is 2.60 bits per heavy atom. The minimum absolute atomic E-state index is 0.586. The van der Waals surface area contributed by atoms with E-state index in [1.807, 2.05) is 0 Å². The number of nitrogens with zero attached hydrogens (tertiary/aromatic N) is 1. The number of rotatable bonds is 3. The molecule has 3 unspecified atom stereocenters. The van der Waals surface area contributed by atoms with Gasteiger partial charge < -0.3 is 5.32 Å². The molecule has 3 atom stereocenters. The van der Waals surface area contributed by atoms with E-state index in [1.54, 1.807) is 0 Å². The summed E-state index contributed by atoms with van der Waals surface area (Å²) < 4.78 is 0. The fraction of sp³-hybridized carbons (Fsp3) is 1.00. The fourth-order valence-electron chi connectivity index (χ4n) is 2.94. The zero-order valence-corrected chi connectivity index (χ0v) is 10.7. The smallest absolute Gasteiger partial charge is 0.0196 e. The molecule has 1 N–H and O–H groups in total. The first-order valence-electron chi connectivity index (χ1n) is 6.53. The van der Waals surface area contributed by atoms with Gasteiger partial charge in [-0.25, -0.2) is 0 Å². The van der Waals surface area contributed by atoms with Gasteiger partial charge in [-0.2, -0.15) is 0 Å². The molecule has 15 heavy (non-hydrogen) atoms. The number of hydrogen-bond donors (Lipinski definition) is 1. The summed E-state index contributed by atoms with van der Waals surface area (Å²) in [6.07, 6.45) is 4.03. The zero-order chi connectivity index (χ0) is 11.1. The molecule has 0 aromatic carbocycles. The molecule has 0 radical (unpaired) electrons. The van der Waals surface area contributed by atoms with Crippen LogP contribution in [0, 0.1) is 5.41 Å². The van der Waals surface area contributed by atoms with Crippen LogP contribution in [0.15, 0.2) is 0 Å². The van der Waals surface area contributed by atoms with E-state index in [4.69, 9.17) is 0 Å². The van der Waals surface area contributed by atoms with E-state index < -0.39 is 0 Å². The van der Waals surface area contributed by atoms with E-state index in [2.05, 4.69) is 37.9 Å². The normalized spacial score (nSPS) is 40.4. The predicted molar refractivity (Wildman–Crippen MR) is 65.1 cm³/mol. The quantitative estimate of drug-likeness (QED) is 0.768. The molecule has 2 rings (SSSR count). The molecule has 0 amide bonds. The maximum absolute atomic E-state index is 3.67. The molecule has 1 aliphatic heterocycles. The Hall–Kier alpha value is -0.0800. The molecule has 0 aromatic heterocycles. The van der Waals surface area contributed by atoms with Gasteiger partial charge in [-0.15, -0.1) is 0 Å². The molecule has 0 aromatic rings. The number of hydrogen-bond acceptors (Lipinski definition) is 2. The predicted octanol–water partition coefficient (Wildman–Crippen LogP) is 2.25. The average molecular weight is 210 g/mol. The van der Waals surface area contributed by atoms with Gasteiger partial charge >= 0.3 is 0 Å². The summed E-state index contributed by atoms with van der Waals surface area (Å²) in [4.78, 5) is 2.75. The lowest BCUT2D eigenvalue weighted by Crippen LogP contribution is -2.56. The van der Waals surface area contributed by atoms with Crippen molar-refractivity contribution in [1.29, 1.82) is 0 Å². The monoisotopic (exact) mass is 210 g/mol. The molecule has 1 aliphatic carbocycles. The maximum Gasteiger partial charge on any atom is 0.0196 e. The summed E-state index contributed by atoms with van der Waals surface area (Å²) in [6.45, 7) is 11.9. The van der Waals surface area contributed by atoms with Crippen molar-refractivity contribution >= 4 is 0 Å². The molecule has 1 heterocycles. The van der Waals surface area contributed by atoms with E-state index in [0.29, 0.717) is 5.41 Å². The summed E-state index contributed by atoms with van der Waals surface area (Å²) in [7, 11) is 0. The minimum atomic E-state index is 0.586. The van der Waals surface area contributed by atoms with Crippen molar-refractivity contribution in [3.05, 3.63) is 0 Å². The lowest BCUT2D eigenvalue weighted by atomic mass is 10.0. The summed E-state index contributed by atoms with van der Waals surface area (Å²) in [5.41, 5.74) is 0.586. The molecule has 2 fully saturated rings. The minimum Gasteiger partial charge on any atom is -0.311 e. The van der Waals surface area contributed by atoms with Gasteiger partial charge in [-0.05, 0) is 25.2 Å². The Morgan fingerprint density at radius 1 is 1.40 bits per heavy atom. The number of nitrogens with one attached hydrogen (secondary N) is 1. The van der Waals surface area contributed by atoms with Crippen molar-refractivity contribution in [2.75, 3.05) is 13.1 Å². The Balaban J connectivity index is 1.92. The van der Waals surface area contributed by atoms with Gasteiger partial charge in [-0.1, -0.05) is 27.2 Å². The second-order valence-electron chi connectivity index (χ2n) is 6.15. The Morgan fingerprint density at radius 2 is 2.07 bits per heavy atom. The summed E-state index contributed by atoms with van der Waals surface area (Å²) in [6, 6.07) is 2.32. The molecule has 1 saturated carbocycles. The second kappa shape index (κ2) is 4.06. The largest absolute Gasteiger partial charge is 0.311 e. The maximum atomic E-state index is 3.67. The third kappa shape index (κ3) is 2.36. The van der Waals surface area contributed by atoms with Crippen LogP contribution in [0.25, 0.3) is 0 Å². The highest BCUT2D eigenvalue weighted by molar-refractivity contribution is 5.06. The van der Waals surface area contributed by atoms with Crippen molar-refractivity contribution in [2.24, 2.45) is 5.41 Å². The molecule has 2 nitrogen and oxygen atoms in total. The highest BCUT2D eigenvalue weighted by atomic mass is 15.3. The van der Waals surface area contributed by atoms with Crippen molar-refractivity contribution < 1.29 is 0 Å². The molecular weight excluding hydrogens is 184 g/mol. The second-order valence-corrected chi connectivity index (χ2v) is 6.15. The molecule has 2 aliphatic rings. The van der Waals surface area contributed by atoms with Crippen LogP contribution >= 0.6 is 0 Å². The first-order valence-corrected chi connectivity index (χ1v) is 6.53. The van der Waals surface area contributed by atoms with Crippen LogP contribution in [0.2, 0.25) is 0 Å². The van der Waals surface area contributed by atoms with Crippen LogP contribution < -0.4 is 5.32 Å². The molecule has 2 heteroatoms. The van der Waals surface area contributed by atoms with E-state index in [0.717, 1.165) is 18.1 Å². The summed E-state index contributed by atoms with van der Waals surface area (Å²) >= 11 is 0. The van der Waals surface area contributed by atoms with Crippen LogP contribution in [-0.4, -0.2) is 36.1 Å². The van der Waals surface area contributed by atoms with Crippen LogP contribution in [0.5, 0.6) is 0 Å². The highest BCUT2D eigenvalue weighted by Crippen LogP contribution is 2.49. The Kier molecular flexibility index (Phi) is 3.09. The Bertz CT molecular complexity index is 225. The van der Waals surface area contributed by atoms with Crippen LogP contribution in [0.4, 0.5) is 0 Å². The highest BCUT2D eigenvalue weighted by Gasteiger charge is 2.51. The van der Waals surface area contributed by atoms with E-state index in [9.17, 15) is 0 Å². The third-order valence-electron chi connectivity index (χ3n) is 4.20. The summed E-state index contributed by atoms with van der Waals surface area (Å²) in [5, 5.41) is 3.67. The van der Waals surface area contributed by atoms with Gasteiger partial charge in [0.25, 0.3) is 0 Å². The van der Waals surface area contributed by atoms with E-state index in [-0.39, 0.29) is 0 Å². The molecule has 1 saturated heterocycles. The van der Waals surface area contributed by atoms with Gasteiger partial charge in [0.05, 0.1) is 0 Å². The van der Waals surface area contributed by atoms with Crippen LogP contribution in [0.3, 0.4) is 0 Å². The van der Waals surface area contributed by atoms with Gasteiger partial charge in [0.2, 0.25) is 0 Å². The molecule has 88 valence electrons.